The highest BCUT2D eigenvalue weighted by molar-refractivity contribution is 6.37. The molecule has 15 heavy (non-hydrogen) atoms. The van der Waals surface area contributed by atoms with Gasteiger partial charge in [0, 0.05) is 12.4 Å². The fraction of sp³-hybridized carbons (Fsp3) is 0.111. The topological polar surface area (TPSA) is 43.6 Å². The summed E-state index contributed by atoms with van der Waals surface area (Å²) in [5.41, 5.74) is 0.605. The van der Waals surface area contributed by atoms with Crippen molar-refractivity contribution in [1.82, 2.24) is 9.38 Å². The molecule has 0 fully saturated rings. The van der Waals surface area contributed by atoms with E-state index in [4.69, 9.17) is 23.2 Å². The van der Waals surface area contributed by atoms with Gasteiger partial charge in [-0.15, -0.1) is 0 Å². The Hall–Kier alpha value is -1.26. The van der Waals surface area contributed by atoms with Gasteiger partial charge in [-0.2, -0.15) is 0 Å². The van der Waals surface area contributed by atoms with Gasteiger partial charge in [0.15, 0.2) is 5.65 Å². The molecule has 2 aromatic heterocycles. The summed E-state index contributed by atoms with van der Waals surface area (Å²) >= 11 is 11.8. The molecule has 0 bridgehead atoms. The number of rotatable bonds is 1. The van der Waals surface area contributed by atoms with Crippen molar-refractivity contribution < 1.29 is 9.53 Å². The van der Waals surface area contributed by atoms with Crippen LogP contribution in [0.5, 0.6) is 0 Å². The van der Waals surface area contributed by atoms with Crippen LogP contribution in [0.2, 0.25) is 10.2 Å². The van der Waals surface area contributed by atoms with E-state index in [1.807, 2.05) is 0 Å². The molecule has 0 saturated carbocycles. The molecule has 0 amide bonds. The summed E-state index contributed by atoms with van der Waals surface area (Å²) < 4.78 is 6.17. The molecule has 0 radical (unpaired) electrons. The number of fused-ring (bicyclic) bond motifs is 1. The number of methoxy groups -OCH3 is 1. The molecule has 0 saturated heterocycles. The third-order valence-corrected chi connectivity index (χ3v) is 2.56. The Morgan fingerprint density at radius 1 is 1.53 bits per heavy atom. The Morgan fingerprint density at radius 2 is 2.27 bits per heavy atom. The van der Waals surface area contributed by atoms with E-state index in [1.165, 1.54) is 19.4 Å². The first kappa shape index (κ1) is 10.3. The van der Waals surface area contributed by atoms with Crippen LogP contribution in [-0.4, -0.2) is 22.5 Å². The smallest absolute Gasteiger partial charge is 0.343 e. The molecule has 0 aromatic carbocycles. The predicted molar refractivity (Wildman–Crippen MR) is 56.6 cm³/mol. The summed E-state index contributed by atoms with van der Waals surface area (Å²) in [7, 11) is 1.28. The third-order valence-electron chi connectivity index (χ3n) is 1.97. The summed E-state index contributed by atoms with van der Waals surface area (Å²) in [6, 6.07) is 1.48. The van der Waals surface area contributed by atoms with E-state index < -0.39 is 5.97 Å². The van der Waals surface area contributed by atoms with E-state index in [1.54, 1.807) is 10.6 Å². The minimum absolute atomic E-state index is 0.216. The average molecular weight is 245 g/mol. The first-order valence-corrected chi connectivity index (χ1v) is 4.80. The molecule has 2 rings (SSSR count). The number of esters is 1. The van der Waals surface area contributed by atoms with E-state index in [2.05, 4.69) is 9.72 Å². The standard InChI is InChI=1S/C9H6Cl2N2O2/c1-15-9(14)7-5(10)4-6(11)13-3-2-12-8(7)13/h2-4H,1H3. The molecule has 2 heterocycles. The first-order valence-electron chi connectivity index (χ1n) is 4.04. The highest BCUT2D eigenvalue weighted by Gasteiger charge is 2.18. The van der Waals surface area contributed by atoms with Crippen LogP contribution in [0.1, 0.15) is 10.4 Å². The molecule has 6 heteroatoms. The lowest BCUT2D eigenvalue weighted by atomic mass is 10.2. The number of hydrogen-bond acceptors (Lipinski definition) is 3. The van der Waals surface area contributed by atoms with Gasteiger partial charge in [-0.3, -0.25) is 4.40 Å². The van der Waals surface area contributed by atoms with Crippen molar-refractivity contribution in [3.05, 3.63) is 34.2 Å². The Morgan fingerprint density at radius 3 is 2.93 bits per heavy atom. The lowest BCUT2D eigenvalue weighted by Crippen LogP contribution is -2.05. The van der Waals surface area contributed by atoms with Crippen molar-refractivity contribution in [3.63, 3.8) is 0 Å². The molecule has 0 atom stereocenters. The van der Waals surface area contributed by atoms with E-state index in [-0.39, 0.29) is 10.6 Å². The molecule has 0 unspecified atom stereocenters. The second-order valence-electron chi connectivity index (χ2n) is 2.80. The van der Waals surface area contributed by atoms with Crippen LogP contribution in [0.3, 0.4) is 0 Å². The number of hydrogen-bond donors (Lipinski definition) is 0. The van der Waals surface area contributed by atoms with Crippen LogP contribution in [0.25, 0.3) is 5.65 Å². The van der Waals surface area contributed by atoms with Gasteiger partial charge in [0.25, 0.3) is 0 Å². The number of aromatic nitrogens is 2. The molecule has 0 N–H and O–H groups in total. The van der Waals surface area contributed by atoms with Crippen molar-refractivity contribution in [2.24, 2.45) is 0 Å². The number of nitrogens with zero attached hydrogens (tertiary/aromatic N) is 2. The Labute approximate surface area is 95.4 Å². The number of halogens is 2. The largest absolute Gasteiger partial charge is 0.465 e. The van der Waals surface area contributed by atoms with Crippen LogP contribution < -0.4 is 0 Å². The van der Waals surface area contributed by atoms with Crippen molar-refractivity contribution in [3.8, 4) is 0 Å². The molecule has 2 aromatic rings. The summed E-state index contributed by atoms with van der Waals surface area (Å²) in [4.78, 5) is 15.5. The van der Waals surface area contributed by atoms with Crippen LogP contribution in [0.4, 0.5) is 0 Å². The number of carbonyl (C=O) groups excluding carboxylic acids is 1. The van der Waals surface area contributed by atoms with Crippen molar-refractivity contribution in [1.29, 1.82) is 0 Å². The van der Waals surface area contributed by atoms with E-state index in [0.29, 0.717) is 10.8 Å². The maximum atomic E-state index is 11.5. The zero-order valence-corrected chi connectivity index (χ0v) is 9.21. The predicted octanol–water partition coefficient (Wildman–Crippen LogP) is 2.43. The molecule has 4 nitrogen and oxygen atoms in total. The maximum absolute atomic E-state index is 11.5. The normalized spacial score (nSPS) is 10.6. The van der Waals surface area contributed by atoms with Crippen molar-refractivity contribution in [2.45, 2.75) is 0 Å². The van der Waals surface area contributed by atoms with Crippen LogP contribution >= 0.6 is 23.2 Å². The van der Waals surface area contributed by atoms with E-state index in [9.17, 15) is 4.79 Å². The Bertz CT molecular complexity index is 536. The van der Waals surface area contributed by atoms with Gasteiger partial charge in [-0.05, 0) is 6.07 Å². The highest BCUT2D eigenvalue weighted by atomic mass is 35.5. The maximum Gasteiger partial charge on any atom is 0.343 e. The van der Waals surface area contributed by atoms with Crippen molar-refractivity contribution in [2.75, 3.05) is 7.11 Å². The Kier molecular flexibility index (Phi) is 2.54. The van der Waals surface area contributed by atoms with Gasteiger partial charge in [-0.25, -0.2) is 9.78 Å². The summed E-state index contributed by atoms with van der Waals surface area (Å²) in [6.45, 7) is 0. The molecule has 0 aliphatic carbocycles. The number of imidazole rings is 1. The fourth-order valence-electron chi connectivity index (χ4n) is 1.30. The van der Waals surface area contributed by atoms with E-state index in [0.717, 1.165) is 0 Å². The minimum Gasteiger partial charge on any atom is -0.465 e. The third kappa shape index (κ3) is 1.56. The van der Waals surface area contributed by atoms with Crippen LogP contribution in [0.15, 0.2) is 18.5 Å². The van der Waals surface area contributed by atoms with Gasteiger partial charge in [-0.1, -0.05) is 23.2 Å². The average Bonchev–Trinajstić information content (AvgIpc) is 2.66. The van der Waals surface area contributed by atoms with Gasteiger partial charge in [0.2, 0.25) is 0 Å². The number of pyridine rings is 1. The summed E-state index contributed by atoms with van der Waals surface area (Å²) in [6.07, 6.45) is 3.17. The lowest BCUT2D eigenvalue weighted by molar-refractivity contribution is 0.0602. The number of carbonyl (C=O) groups is 1. The van der Waals surface area contributed by atoms with Gasteiger partial charge in [0.05, 0.1) is 12.1 Å². The molecule has 0 aliphatic rings. The minimum atomic E-state index is -0.534. The quantitative estimate of drug-likeness (QED) is 0.572. The SMILES string of the molecule is COC(=O)c1c(Cl)cc(Cl)n2ccnc12. The van der Waals surface area contributed by atoms with Gasteiger partial charge < -0.3 is 4.74 Å². The zero-order chi connectivity index (χ0) is 11.0. The molecular formula is C9H6Cl2N2O2. The summed E-state index contributed by atoms with van der Waals surface area (Å²) in [5, 5.41) is 0.616. The van der Waals surface area contributed by atoms with Crippen molar-refractivity contribution >= 4 is 34.8 Å². The summed E-state index contributed by atoms with van der Waals surface area (Å²) in [5.74, 6) is -0.534. The molecular weight excluding hydrogens is 239 g/mol. The van der Waals surface area contributed by atoms with Gasteiger partial charge in [0.1, 0.15) is 10.7 Å². The fourth-order valence-corrected chi connectivity index (χ4v) is 1.87. The molecule has 0 spiro atoms. The zero-order valence-electron chi connectivity index (χ0n) is 7.70. The first-order chi connectivity index (χ1) is 7.15. The molecule has 0 aliphatic heterocycles. The lowest BCUT2D eigenvalue weighted by Gasteiger charge is -2.05. The second-order valence-corrected chi connectivity index (χ2v) is 3.60. The monoisotopic (exact) mass is 244 g/mol. The number of ether oxygens (including phenoxy) is 1. The van der Waals surface area contributed by atoms with Crippen LogP contribution in [0, 0.1) is 0 Å². The highest BCUT2D eigenvalue weighted by Crippen LogP contribution is 2.25. The Balaban J connectivity index is 2.82. The molecule has 78 valence electrons. The second kappa shape index (κ2) is 3.72. The van der Waals surface area contributed by atoms with Crippen LogP contribution in [-0.2, 0) is 4.74 Å². The van der Waals surface area contributed by atoms with E-state index >= 15 is 0 Å². The van der Waals surface area contributed by atoms with Gasteiger partial charge >= 0.3 is 5.97 Å².